The molecule has 4 amide bonds. The Bertz CT molecular complexity index is 4740. The SMILES string of the molecule is CCCCCCCCN1C(=O)C2=C(c3ccc(-c4sc(-c5ccc(C6=C7C(=O)N(CCCCCCCC)C(c8ccc(-c9sc(C)c%10cc(C(=O)OCC(CC)CCCC)sc9%10)s8)=C7C(=O)N6CCCCCCCC)s5)c5sc(C(=O)OCC(CC)CCCC)cc45)s3)N(CCCCCCCC)C(=O)C2=C1c1ccc(C)s1. The van der Waals surface area contributed by atoms with Crippen molar-refractivity contribution in [1.82, 2.24) is 19.6 Å². The van der Waals surface area contributed by atoms with Gasteiger partial charge in [-0.1, -0.05) is 222 Å². The molecule has 112 heavy (non-hydrogen) atoms. The fraction of sp³-hybridized carbons (Fsp3) is 0.543. The molecule has 12 heterocycles. The molecule has 602 valence electrons. The summed E-state index contributed by atoms with van der Waals surface area (Å²) in [5, 5.41) is 1.99. The minimum atomic E-state index is -0.338. The van der Waals surface area contributed by atoms with E-state index < -0.39 is 0 Å². The van der Waals surface area contributed by atoms with E-state index in [9.17, 15) is 9.59 Å². The van der Waals surface area contributed by atoms with Crippen LogP contribution in [0.25, 0.3) is 72.2 Å². The molecule has 2 atom stereocenters. The van der Waals surface area contributed by atoms with E-state index in [0.29, 0.717) is 94.4 Å². The Morgan fingerprint density at radius 2 is 0.634 bits per heavy atom. The van der Waals surface area contributed by atoms with Crippen LogP contribution in [0.2, 0.25) is 0 Å². The van der Waals surface area contributed by atoms with Gasteiger partial charge < -0.3 is 29.1 Å². The third-order valence-electron chi connectivity index (χ3n) is 22.8. The number of thiophene rings is 8. The summed E-state index contributed by atoms with van der Waals surface area (Å²) in [7, 11) is 0. The zero-order chi connectivity index (χ0) is 79.0. The van der Waals surface area contributed by atoms with Crippen LogP contribution in [0.4, 0.5) is 0 Å². The Morgan fingerprint density at radius 1 is 0.330 bits per heavy atom. The van der Waals surface area contributed by atoms with Gasteiger partial charge in [0.05, 0.1) is 102 Å². The molecule has 0 saturated carbocycles. The Balaban J connectivity index is 0.954. The van der Waals surface area contributed by atoms with Crippen LogP contribution in [0, 0.1) is 25.7 Å². The maximum absolute atomic E-state index is 16.0. The monoisotopic (exact) mass is 1660 g/mol. The number of unbranched alkanes of at least 4 members (excludes halogenated alkanes) is 22. The fourth-order valence-electron chi connectivity index (χ4n) is 16.2. The van der Waals surface area contributed by atoms with Gasteiger partial charge in [-0.15, -0.1) is 90.7 Å². The fourth-order valence-corrected chi connectivity index (χ4v) is 25.8. The molecule has 4 aliphatic heterocycles. The Labute approximate surface area is 698 Å². The molecule has 8 aromatic rings. The second-order valence-corrected chi connectivity index (χ2v) is 40.1. The topological polar surface area (TPSA) is 134 Å². The van der Waals surface area contributed by atoms with Crippen molar-refractivity contribution in [2.75, 3.05) is 39.4 Å². The van der Waals surface area contributed by atoms with Gasteiger partial charge in [0.25, 0.3) is 23.6 Å². The molecule has 0 N–H and O–H groups in total. The minimum absolute atomic E-state index is 0.100. The van der Waals surface area contributed by atoms with Crippen molar-refractivity contribution in [2.24, 2.45) is 11.8 Å². The largest absolute Gasteiger partial charge is 0.461 e. The highest BCUT2D eigenvalue weighted by Crippen LogP contribution is 2.57. The number of rotatable bonds is 49. The van der Waals surface area contributed by atoms with Gasteiger partial charge in [0.2, 0.25) is 0 Å². The lowest BCUT2D eigenvalue weighted by molar-refractivity contribution is -0.124. The van der Waals surface area contributed by atoms with Crippen LogP contribution >= 0.6 is 90.7 Å². The van der Waals surface area contributed by atoms with E-state index in [1.54, 1.807) is 68.0 Å². The summed E-state index contributed by atoms with van der Waals surface area (Å²) >= 11 is 12.8. The molecule has 0 aliphatic carbocycles. The summed E-state index contributed by atoms with van der Waals surface area (Å²) in [6, 6.07) is 20.9. The standard InChI is InChI=1S/C92H118N4O8S8/c1-11-19-25-29-33-37-51-93-78(65-44-43-59(9)105-65)74-75(88(93)98)79(94(87(74)97)52-38-34-30-26-20-12-2)66-45-48-69(107-66)82-64-56-73(92(102)104-58-62(18-8)42-24-16-6)111-84(64)86(112-82)71-50-47-68(109-71)81-77-76(89(99)96(81)54-40-36-32-28-22-14-4)80(95(90(77)100)53-39-35-31-27-21-13-3)67-46-49-70(108-67)85-83-63(60(10)106-85)55-72(110-83)91(101)103-57-61(17-7)41-23-15-5/h43-50,55-56,61-62H,11-42,51-54,57-58H2,1-10H3. The highest BCUT2D eigenvalue weighted by atomic mass is 32.1. The predicted molar refractivity (Wildman–Crippen MR) is 478 cm³/mol. The molecule has 0 fully saturated rings. The van der Waals surface area contributed by atoms with Crippen molar-refractivity contribution in [2.45, 2.75) is 275 Å². The van der Waals surface area contributed by atoms with Crippen LogP contribution in [-0.2, 0) is 28.7 Å². The number of carbonyl (C=O) groups is 6. The van der Waals surface area contributed by atoms with Crippen LogP contribution in [0.15, 0.2) is 83.0 Å². The highest BCUT2D eigenvalue weighted by molar-refractivity contribution is 7.33. The number of hydrogen-bond acceptors (Lipinski definition) is 16. The van der Waals surface area contributed by atoms with Gasteiger partial charge in [0.15, 0.2) is 0 Å². The Hall–Kier alpha value is -6.10. The number of carbonyl (C=O) groups excluding carboxylic acids is 6. The molecule has 20 heteroatoms. The molecule has 4 aliphatic rings. The third kappa shape index (κ3) is 19.1. The first-order valence-electron chi connectivity index (χ1n) is 42.7. The predicted octanol–water partition coefficient (Wildman–Crippen LogP) is 27.9. The van der Waals surface area contributed by atoms with Gasteiger partial charge in [-0.2, -0.15) is 0 Å². The number of aryl methyl sites for hydroxylation is 2. The number of amides is 4. The smallest absolute Gasteiger partial charge is 0.348 e. The Morgan fingerprint density at radius 3 is 0.982 bits per heavy atom. The zero-order valence-electron chi connectivity index (χ0n) is 68.1. The number of fused-ring (bicyclic) bond motifs is 4. The molecule has 12 nitrogen and oxygen atoms in total. The summed E-state index contributed by atoms with van der Waals surface area (Å²) in [6.07, 6.45) is 33.8. The molecular formula is C92H118N4O8S8. The van der Waals surface area contributed by atoms with Gasteiger partial charge in [-0.05, 0) is 125 Å². The van der Waals surface area contributed by atoms with Crippen molar-refractivity contribution in [3.8, 4) is 29.3 Å². The normalized spacial score (nSPS) is 15.2. The van der Waals surface area contributed by atoms with E-state index in [-0.39, 0.29) is 41.5 Å². The minimum Gasteiger partial charge on any atom is -0.461 e. The van der Waals surface area contributed by atoms with Crippen molar-refractivity contribution >= 4 is 169 Å². The lowest BCUT2D eigenvalue weighted by Crippen LogP contribution is -2.30. The summed E-state index contributed by atoms with van der Waals surface area (Å²) < 4.78 is 14.2. The summed E-state index contributed by atoms with van der Waals surface area (Å²) in [4.78, 5) is 112. The van der Waals surface area contributed by atoms with E-state index in [0.717, 1.165) is 264 Å². The average Bonchev–Trinajstić information content (AvgIpc) is 1.56. The van der Waals surface area contributed by atoms with Crippen LogP contribution in [0.1, 0.15) is 309 Å². The van der Waals surface area contributed by atoms with Gasteiger partial charge in [-0.25, -0.2) is 9.59 Å². The molecular weight excluding hydrogens is 1550 g/mol. The van der Waals surface area contributed by atoms with Crippen molar-refractivity contribution in [3.05, 3.63) is 122 Å². The van der Waals surface area contributed by atoms with Crippen LogP contribution in [0.5, 0.6) is 0 Å². The molecule has 0 radical (unpaired) electrons. The van der Waals surface area contributed by atoms with Crippen molar-refractivity contribution in [3.63, 3.8) is 0 Å². The maximum atomic E-state index is 16.0. The van der Waals surface area contributed by atoms with Gasteiger partial charge in [0, 0.05) is 61.3 Å². The number of ether oxygens (including phenoxy) is 2. The number of hydrogen-bond donors (Lipinski definition) is 0. The highest BCUT2D eigenvalue weighted by Gasteiger charge is 2.51. The molecule has 8 aromatic heterocycles. The van der Waals surface area contributed by atoms with E-state index in [1.807, 2.05) is 31.7 Å². The van der Waals surface area contributed by atoms with E-state index in [1.165, 1.54) is 48.4 Å². The van der Waals surface area contributed by atoms with Gasteiger partial charge in [-0.3, -0.25) is 19.2 Å². The number of esters is 2. The maximum Gasteiger partial charge on any atom is 0.348 e. The van der Waals surface area contributed by atoms with E-state index in [2.05, 4.69) is 118 Å². The first-order chi connectivity index (χ1) is 54.6. The summed E-state index contributed by atoms with van der Waals surface area (Å²) in [6.45, 7) is 24.6. The van der Waals surface area contributed by atoms with Crippen molar-refractivity contribution in [1.29, 1.82) is 0 Å². The lowest BCUT2D eigenvalue weighted by Gasteiger charge is -2.24. The quantitative estimate of drug-likeness (QED) is 0.0272. The first-order valence-corrected chi connectivity index (χ1v) is 49.2. The first kappa shape index (κ1) is 85.3. The second-order valence-electron chi connectivity index (χ2n) is 31.2. The van der Waals surface area contributed by atoms with E-state index >= 15 is 19.2 Å². The third-order valence-corrected chi connectivity index (χ3v) is 32.5. The van der Waals surface area contributed by atoms with Gasteiger partial charge in [0.1, 0.15) is 9.75 Å². The molecule has 0 aromatic carbocycles. The molecule has 2 unspecified atom stereocenters. The van der Waals surface area contributed by atoms with Crippen LogP contribution in [0.3, 0.4) is 0 Å². The van der Waals surface area contributed by atoms with E-state index in [4.69, 9.17) is 9.47 Å². The lowest BCUT2D eigenvalue weighted by atomic mass is 10.0. The van der Waals surface area contributed by atoms with Gasteiger partial charge >= 0.3 is 11.9 Å². The molecule has 0 saturated heterocycles. The Kier molecular flexibility index (Phi) is 31.3. The van der Waals surface area contributed by atoms with Crippen LogP contribution < -0.4 is 0 Å². The average molecular weight is 1660 g/mol. The molecule has 12 rings (SSSR count). The zero-order valence-corrected chi connectivity index (χ0v) is 74.7. The summed E-state index contributed by atoms with van der Waals surface area (Å²) in [5.41, 5.74) is 4.79. The summed E-state index contributed by atoms with van der Waals surface area (Å²) in [5.74, 6) is -0.487. The molecule has 0 bridgehead atoms. The van der Waals surface area contributed by atoms with Crippen molar-refractivity contribution < 1.29 is 38.2 Å². The second kappa shape index (κ2) is 41.1. The molecule has 0 spiro atoms. The number of nitrogens with zero attached hydrogens (tertiary/aromatic N) is 4. The van der Waals surface area contributed by atoms with Crippen LogP contribution in [-0.4, -0.2) is 94.6 Å².